The fourth-order valence-corrected chi connectivity index (χ4v) is 0.716. The molecule has 0 radical (unpaired) electrons. The molecule has 1 rings (SSSR count). The van der Waals surface area contributed by atoms with Gasteiger partial charge in [-0.3, -0.25) is 4.79 Å². The van der Waals surface area contributed by atoms with Gasteiger partial charge in [-0.15, -0.1) is 0 Å². The predicted molar refractivity (Wildman–Crippen MR) is 32.5 cm³/mol. The van der Waals surface area contributed by atoms with Gasteiger partial charge in [0, 0.05) is 6.07 Å². The Morgan fingerprint density at radius 2 is 2.30 bits per heavy atom. The van der Waals surface area contributed by atoms with Crippen LogP contribution in [0, 0.1) is 0 Å². The lowest BCUT2D eigenvalue weighted by Gasteiger charge is -2.00. The smallest absolute Gasteiger partial charge is 0.245 e. The highest BCUT2D eigenvalue weighted by Gasteiger charge is 2.00. The minimum atomic E-state index is -0.0897. The lowest BCUT2D eigenvalue weighted by atomic mass is 10.3. The molecule has 0 aromatic carbocycles. The first-order valence-electron chi connectivity index (χ1n) is 2.86. The van der Waals surface area contributed by atoms with Gasteiger partial charge in [0.1, 0.15) is 7.05 Å². The Kier molecular flexibility index (Phi) is 1.67. The highest BCUT2D eigenvalue weighted by Crippen LogP contribution is 1.97. The first kappa shape index (κ1) is 6.74. The minimum Gasteiger partial charge on any atom is -0.868 e. The molecule has 10 heavy (non-hydrogen) atoms. The lowest BCUT2D eigenvalue weighted by molar-refractivity contribution is -0.675. The van der Waals surface area contributed by atoms with E-state index in [0.29, 0.717) is 12.0 Å². The SMILES string of the molecule is C[n+]1cc([O-])ccc1C=O. The molecule has 3 nitrogen and oxygen atoms in total. The maximum absolute atomic E-state index is 10.6. The molecule has 0 unspecified atom stereocenters. The quantitative estimate of drug-likeness (QED) is 0.383. The summed E-state index contributed by atoms with van der Waals surface area (Å²) >= 11 is 0. The van der Waals surface area contributed by atoms with E-state index >= 15 is 0 Å². The normalized spacial score (nSPS) is 9.30. The van der Waals surface area contributed by atoms with Crippen molar-refractivity contribution in [2.24, 2.45) is 7.05 Å². The molecule has 1 heterocycles. The van der Waals surface area contributed by atoms with Gasteiger partial charge in [0.25, 0.3) is 0 Å². The van der Waals surface area contributed by atoms with E-state index < -0.39 is 0 Å². The number of carbonyl (C=O) groups excluding carboxylic acids is 1. The number of hydrogen-bond donors (Lipinski definition) is 0. The summed E-state index contributed by atoms with van der Waals surface area (Å²) in [6.45, 7) is 0. The molecular formula is C7H7NO2. The second-order valence-corrected chi connectivity index (χ2v) is 2.02. The summed E-state index contributed by atoms with van der Waals surface area (Å²) < 4.78 is 1.50. The number of nitrogens with zero attached hydrogens (tertiary/aromatic N) is 1. The van der Waals surface area contributed by atoms with E-state index in [1.807, 2.05) is 0 Å². The van der Waals surface area contributed by atoms with Crippen LogP contribution in [0.3, 0.4) is 0 Å². The summed E-state index contributed by atoms with van der Waals surface area (Å²) in [5.41, 5.74) is 0.500. The van der Waals surface area contributed by atoms with Gasteiger partial charge in [-0.1, -0.05) is 6.07 Å². The van der Waals surface area contributed by atoms with Crippen LogP contribution in [-0.2, 0) is 7.05 Å². The van der Waals surface area contributed by atoms with Crippen molar-refractivity contribution in [2.75, 3.05) is 0 Å². The predicted octanol–water partition coefficient (Wildman–Crippen LogP) is -0.603. The Bertz CT molecular complexity index is 258. The Labute approximate surface area is 58.5 Å². The third-order valence-electron chi connectivity index (χ3n) is 1.27. The third-order valence-corrected chi connectivity index (χ3v) is 1.27. The van der Waals surface area contributed by atoms with Crippen molar-refractivity contribution in [3.8, 4) is 5.75 Å². The van der Waals surface area contributed by atoms with Gasteiger partial charge in [-0.2, -0.15) is 4.57 Å². The molecule has 0 atom stereocenters. The van der Waals surface area contributed by atoms with E-state index in [9.17, 15) is 9.90 Å². The van der Waals surface area contributed by atoms with Gasteiger partial charge in [-0.05, 0) is 5.75 Å². The Balaban J connectivity index is 3.19. The monoisotopic (exact) mass is 137 g/mol. The number of aldehydes is 1. The standard InChI is InChI=1S/C7H7NO2/c1-8-4-7(10)3-2-6(8)5-9/h2-5H,1H3. The van der Waals surface area contributed by atoms with E-state index in [4.69, 9.17) is 0 Å². The second kappa shape index (κ2) is 2.47. The number of pyridine rings is 1. The average Bonchev–Trinajstić information content (AvgIpc) is 1.88. The minimum absolute atomic E-state index is 0.0897. The first-order chi connectivity index (χ1) is 4.74. The molecule has 0 saturated carbocycles. The molecule has 1 aromatic heterocycles. The highest BCUT2D eigenvalue weighted by molar-refractivity contribution is 5.69. The molecule has 0 aliphatic heterocycles. The Morgan fingerprint density at radius 3 is 2.80 bits per heavy atom. The highest BCUT2D eigenvalue weighted by atomic mass is 16.3. The average molecular weight is 137 g/mol. The van der Waals surface area contributed by atoms with E-state index in [-0.39, 0.29) is 5.75 Å². The first-order valence-corrected chi connectivity index (χ1v) is 2.86. The molecule has 1 aromatic rings. The number of aryl methyl sites for hydroxylation is 1. The Hall–Kier alpha value is -1.38. The summed E-state index contributed by atoms with van der Waals surface area (Å²) in [6, 6.07) is 2.86. The number of aromatic nitrogens is 1. The van der Waals surface area contributed by atoms with Crippen LogP contribution in [0.1, 0.15) is 10.5 Å². The summed E-state index contributed by atoms with van der Waals surface area (Å²) in [5.74, 6) is -0.0897. The number of hydrogen-bond acceptors (Lipinski definition) is 2. The molecule has 0 fully saturated rings. The summed E-state index contributed by atoms with van der Waals surface area (Å²) in [7, 11) is 1.66. The molecular weight excluding hydrogens is 130 g/mol. The van der Waals surface area contributed by atoms with Crippen LogP contribution < -0.4 is 9.67 Å². The maximum Gasteiger partial charge on any atom is 0.245 e. The molecule has 0 N–H and O–H groups in total. The molecule has 3 heteroatoms. The van der Waals surface area contributed by atoms with Crippen LogP contribution >= 0.6 is 0 Å². The summed E-state index contributed by atoms with van der Waals surface area (Å²) in [4.78, 5) is 10.2. The summed E-state index contributed by atoms with van der Waals surface area (Å²) in [5, 5.41) is 10.6. The van der Waals surface area contributed by atoms with Crippen LogP contribution in [0.15, 0.2) is 18.3 Å². The van der Waals surface area contributed by atoms with Gasteiger partial charge < -0.3 is 5.11 Å². The van der Waals surface area contributed by atoms with Crippen LogP contribution in [0.4, 0.5) is 0 Å². The fraction of sp³-hybridized carbons (Fsp3) is 0.143. The van der Waals surface area contributed by atoms with E-state index in [1.54, 1.807) is 7.05 Å². The summed E-state index contributed by atoms with van der Waals surface area (Å²) in [6.07, 6.45) is 2.07. The van der Waals surface area contributed by atoms with Crippen LogP contribution in [0.25, 0.3) is 0 Å². The van der Waals surface area contributed by atoms with Crippen LogP contribution in [0.5, 0.6) is 5.75 Å². The van der Waals surface area contributed by atoms with E-state index in [2.05, 4.69) is 0 Å². The van der Waals surface area contributed by atoms with Crippen molar-refractivity contribution in [1.82, 2.24) is 0 Å². The fourth-order valence-electron chi connectivity index (χ4n) is 0.716. The zero-order valence-electron chi connectivity index (χ0n) is 5.57. The van der Waals surface area contributed by atoms with Crippen molar-refractivity contribution in [2.45, 2.75) is 0 Å². The molecule has 0 aliphatic rings. The van der Waals surface area contributed by atoms with E-state index in [0.717, 1.165) is 0 Å². The van der Waals surface area contributed by atoms with Crippen molar-refractivity contribution in [3.63, 3.8) is 0 Å². The van der Waals surface area contributed by atoms with Crippen molar-refractivity contribution in [3.05, 3.63) is 24.0 Å². The zero-order valence-corrected chi connectivity index (χ0v) is 5.57. The van der Waals surface area contributed by atoms with Crippen molar-refractivity contribution >= 4 is 6.29 Å². The molecule has 0 spiro atoms. The van der Waals surface area contributed by atoms with Crippen molar-refractivity contribution < 1.29 is 14.5 Å². The number of carbonyl (C=O) groups is 1. The van der Waals surface area contributed by atoms with Crippen molar-refractivity contribution in [1.29, 1.82) is 0 Å². The van der Waals surface area contributed by atoms with E-state index in [1.165, 1.54) is 22.9 Å². The molecule has 52 valence electrons. The number of rotatable bonds is 1. The van der Waals surface area contributed by atoms with Gasteiger partial charge in [0.2, 0.25) is 12.0 Å². The van der Waals surface area contributed by atoms with Gasteiger partial charge in [0.05, 0.1) is 0 Å². The van der Waals surface area contributed by atoms with Gasteiger partial charge in [0.15, 0.2) is 6.20 Å². The largest absolute Gasteiger partial charge is 0.868 e. The molecule has 0 amide bonds. The third kappa shape index (κ3) is 1.13. The lowest BCUT2D eigenvalue weighted by Crippen LogP contribution is -2.33. The van der Waals surface area contributed by atoms with Gasteiger partial charge in [-0.25, -0.2) is 0 Å². The van der Waals surface area contributed by atoms with Gasteiger partial charge >= 0.3 is 0 Å². The van der Waals surface area contributed by atoms with Crippen LogP contribution in [-0.4, -0.2) is 6.29 Å². The molecule has 0 bridgehead atoms. The second-order valence-electron chi connectivity index (χ2n) is 2.02. The Morgan fingerprint density at radius 1 is 1.60 bits per heavy atom. The van der Waals surface area contributed by atoms with Crippen LogP contribution in [0.2, 0.25) is 0 Å². The molecule has 0 saturated heterocycles. The topological polar surface area (TPSA) is 44.0 Å². The maximum atomic E-state index is 10.6. The zero-order chi connectivity index (χ0) is 7.56. The molecule has 0 aliphatic carbocycles.